The number of benzene rings is 1. The van der Waals surface area contributed by atoms with E-state index in [1.165, 1.54) is 11.7 Å². The van der Waals surface area contributed by atoms with Crippen LogP contribution in [0.5, 0.6) is 0 Å². The van der Waals surface area contributed by atoms with Crippen molar-refractivity contribution in [1.29, 1.82) is 0 Å². The van der Waals surface area contributed by atoms with Crippen LogP contribution in [0.1, 0.15) is 9.75 Å². The van der Waals surface area contributed by atoms with Crippen molar-refractivity contribution in [3.63, 3.8) is 0 Å². The van der Waals surface area contributed by atoms with Gasteiger partial charge >= 0.3 is 0 Å². The van der Waals surface area contributed by atoms with E-state index in [1.807, 2.05) is 24.3 Å². The highest BCUT2D eigenvalue weighted by molar-refractivity contribution is 7.16. The molecule has 0 saturated heterocycles. The van der Waals surface area contributed by atoms with Gasteiger partial charge in [-0.3, -0.25) is 0 Å². The zero-order valence-corrected chi connectivity index (χ0v) is 14.3. The first-order valence-corrected chi connectivity index (χ1v) is 9.31. The molecule has 2 N–H and O–H groups in total. The van der Waals surface area contributed by atoms with Gasteiger partial charge in [-0.15, -0.1) is 22.7 Å². The topological polar surface area (TPSA) is 66.2 Å². The van der Waals surface area contributed by atoms with Crippen molar-refractivity contribution in [2.45, 2.75) is 13.2 Å². The molecule has 3 heterocycles. The number of hydrogen-bond donors (Lipinski definition) is 2. The Kier molecular flexibility index (Phi) is 3.96. The second kappa shape index (κ2) is 6.10. The fourth-order valence-corrected chi connectivity index (χ4v) is 4.84. The molecule has 0 atom stereocenters. The molecule has 0 saturated carbocycles. The summed E-state index contributed by atoms with van der Waals surface area (Å²) in [7, 11) is 0. The van der Waals surface area contributed by atoms with Gasteiger partial charge in [0.15, 0.2) is 0 Å². The largest absolute Gasteiger partial charge is 0.391 e. The van der Waals surface area contributed by atoms with Gasteiger partial charge in [-0.25, -0.2) is 0 Å². The third-order valence-corrected chi connectivity index (χ3v) is 6.32. The lowest BCUT2D eigenvalue weighted by molar-refractivity contribution is 0.285. The van der Waals surface area contributed by atoms with E-state index in [2.05, 4.69) is 20.9 Å². The zero-order chi connectivity index (χ0) is 15.8. The Labute approximate surface area is 144 Å². The molecule has 3 aromatic heterocycles. The molecule has 0 radical (unpaired) electrons. The number of aliphatic hydroxyl groups is 2. The summed E-state index contributed by atoms with van der Waals surface area (Å²) in [4.78, 5) is 4.04. The second-order valence-corrected chi connectivity index (χ2v) is 7.84. The van der Waals surface area contributed by atoms with E-state index >= 15 is 0 Å². The van der Waals surface area contributed by atoms with Gasteiger partial charge in [0.2, 0.25) is 0 Å². The van der Waals surface area contributed by atoms with E-state index in [9.17, 15) is 10.2 Å². The van der Waals surface area contributed by atoms with E-state index in [0.717, 1.165) is 41.7 Å². The fourth-order valence-electron chi connectivity index (χ4n) is 2.48. The molecule has 0 amide bonds. The van der Waals surface area contributed by atoms with Gasteiger partial charge in [0.05, 0.1) is 24.9 Å². The minimum Gasteiger partial charge on any atom is -0.391 e. The number of thiophene rings is 2. The summed E-state index contributed by atoms with van der Waals surface area (Å²) < 4.78 is 8.95. The standard InChI is InChI=1S/C16H12N2O2S3/c19-7-9-1-5-13(21-9)11-3-4-12(16-15(11)17-23-18-16)14-6-2-10(8-20)22-14/h1-6,19-20H,7-8H2. The molecule has 0 spiro atoms. The predicted molar refractivity (Wildman–Crippen MR) is 95.9 cm³/mol. The summed E-state index contributed by atoms with van der Waals surface area (Å²) in [6, 6.07) is 12.0. The maximum atomic E-state index is 9.26. The zero-order valence-electron chi connectivity index (χ0n) is 11.9. The lowest BCUT2D eigenvalue weighted by atomic mass is 10.1. The van der Waals surface area contributed by atoms with Crippen LogP contribution < -0.4 is 0 Å². The molecular formula is C16H12N2O2S3. The van der Waals surface area contributed by atoms with Gasteiger partial charge in [0.25, 0.3) is 0 Å². The average molecular weight is 360 g/mol. The van der Waals surface area contributed by atoms with Crippen LogP contribution in [0.3, 0.4) is 0 Å². The Balaban J connectivity index is 1.87. The van der Waals surface area contributed by atoms with Gasteiger partial charge in [-0.2, -0.15) is 8.75 Å². The van der Waals surface area contributed by atoms with E-state index < -0.39 is 0 Å². The summed E-state index contributed by atoms with van der Waals surface area (Å²) in [6.07, 6.45) is 0. The summed E-state index contributed by atoms with van der Waals surface area (Å²) in [6.45, 7) is 0.112. The third-order valence-electron chi connectivity index (χ3n) is 3.58. The highest BCUT2D eigenvalue weighted by Crippen LogP contribution is 2.39. The lowest BCUT2D eigenvalue weighted by Gasteiger charge is -2.03. The fraction of sp³-hybridized carbons (Fsp3) is 0.125. The average Bonchev–Trinajstić information content (AvgIpc) is 3.32. The molecule has 1 aromatic carbocycles. The van der Waals surface area contributed by atoms with E-state index in [4.69, 9.17) is 0 Å². The second-order valence-electron chi connectivity index (χ2n) is 4.97. The van der Waals surface area contributed by atoms with Crippen molar-refractivity contribution in [3.8, 4) is 20.9 Å². The molecule has 4 aromatic rings. The van der Waals surface area contributed by atoms with Crippen molar-refractivity contribution in [2.24, 2.45) is 0 Å². The molecule has 23 heavy (non-hydrogen) atoms. The van der Waals surface area contributed by atoms with Crippen LogP contribution in [0.2, 0.25) is 0 Å². The Hall–Kier alpha value is -1.64. The molecule has 7 heteroatoms. The molecule has 4 nitrogen and oxygen atoms in total. The Morgan fingerprint density at radius 1 is 0.696 bits per heavy atom. The van der Waals surface area contributed by atoms with Crippen molar-refractivity contribution in [1.82, 2.24) is 8.75 Å². The summed E-state index contributed by atoms with van der Waals surface area (Å²) in [5.41, 5.74) is 3.86. The van der Waals surface area contributed by atoms with Crippen LogP contribution in [0, 0.1) is 0 Å². The molecule has 0 aliphatic heterocycles. The van der Waals surface area contributed by atoms with Crippen molar-refractivity contribution in [2.75, 3.05) is 0 Å². The van der Waals surface area contributed by atoms with Crippen molar-refractivity contribution >= 4 is 45.4 Å². The van der Waals surface area contributed by atoms with E-state index in [0.29, 0.717) is 0 Å². The monoisotopic (exact) mass is 360 g/mol. The molecule has 4 rings (SSSR count). The highest BCUT2D eigenvalue weighted by atomic mass is 32.1. The first-order valence-electron chi connectivity index (χ1n) is 6.95. The lowest BCUT2D eigenvalue weighted by Crippen LogP contribution is -1.81. The molecule has 0 fully saturated rings. The Bertz CT molecular complexity index is 894. The SMILES string of the molecule is OCc1ccc(-c2ccc(-c3ccc(CO)s3)c3nsnc23)s1. The van der Waals surface area contributed by atoms with Crippen LogP contribution in [0.25, 0.3) is 31.9 Å². The minimum absolute atomic E-state index is 0.0559. The molecule has 0 aliphatic rings. The Morgan fingerprint density at radius 2 is 1.17 bits per heavy atom. The number of rotatable bonds is 4. The smallest absolute Gasteiger partial charge is 0.114 e. The maximum Gasteiger partial charge on any atom is 0.114 e. The van der Waals surface area contributed by atoms with Gasteiger partial charge in [-0.1, -0.05) is 12.1 Å². The third kappa shape index (κ3) is 2.60. The normalized spacial score (nSPS) is 11.4. The van der Waals surface area contributed by atoms with Gasteiger partial charge in [-0.05, 0) is 24.3 Å². The molecule has 0 aliphatic carbocycles. The van der Waals surface area contributed by atoms with Crippen molar-refractivity contribution < 1.29 is 10.2 Å². The summed E-state index contributed by atoms with van der Waals surface area (Å²) >= 11 is 4.35. The van der Waals surface area contributed by atoms with Crippen LogP contribution in [0.4, 0.5) is 0 Å². The van der Waals surface area contributed by atoms with Gasteiger partial charge < -0.3 is 10.2 Å². The van der Waals surface area contributed by atoms with Crippen LogP contribution in [-0.2, 0) is 13.2 Å². The number of aliphatic hydroxyl groups excluding tert-OH is 2. The molecule has 116 valence electrons. The van der Waals surface area contributed by atoms with Crippen LogP contribution >= 0.6 is 34.4 Å². The highest BCUT2D eigenvalue weighted by Gasteiger charge is 2.15. The van der Waals surface area contributed by atoms with Crippen molar-refractivity contribution in [3.05, 3.63) is 46.2 Å². The first kappa shape index (κ1) is 14.9. The quantitative estimate of drug-likeness (QED) is 0.574. The summed E-state index contributed by atoms with van der Waals surface area (Å²) in [5.74, 6) is 0. The van der Waals surface area contributed by atoms with Crippen LogP contribution in [0.15, 0.2) is 36.4 Å². The molecular weight excluding hydrogens is 348 g/mol. The number of nitrogens with zero attached hydrogens (tertiary/aromatic N) is 2. The minimum atomic E-state index is 0.0559. The maximum absolute atomic E-state index is 9.26. The molecule has 0 bridgehead atoms. The van der Waals surface area contributed by atoms with E-state index in [-0.39, 0.29) is 13.2 Å². The van der Waals surface area contributed by atoms with E-state index in [1.54, 1.807) is 22.7 Å². The van der Waals surface area contributed by atoms with Crippen LogP contribution in [-0.4, -0.2) is 19.0 Å². The number of aromatic nitrogens is 2. The Morgan fingerprint density at radius 3 is 1.57 bits per heavy atom. The number of fused-ring (bicyclic) bond motifs is 1. The van der Waals surface area contributed by atoms with Gasteiger partial charge in [0.1, 0.15) is 11.0 Å². The summed E-state index contributed by atoms with van der Waals surface area (Å²) in [5, 5.41) is 18.5. The molecule has 0 unspecified atom stereocenters. The first-order chi connectivity index (χ1) is 11.3. The number of hydrogen-bond acceptors (Lipinski definition) is 7. The van der Waals surface area contributed by atoms with Gasteiger partial charge in [0, 0.05) is 30.6 Å². The predicted octanol–water partition coefficient (Wildman–Crippen LogP) is 4.13.